The van der Waals surface area contributed by atoms with Crippen molar-refractivity contribution in [1.29, 1.82) is 0 Å². The standard InChI is InChI=1S/C24H26N6O5S/c1-14-21(16(3)35-28-14)18-10-11-19-23(27-18)30(15(2)17-8-6-5-7-9-17)24(32)22(26-19)25-13-12-20(31)29-36(4,33)34/h5-11,15H,12-13H2,1-4H3,(H,25,26)(H,29,31)/t15-/m0/s1. The van der Waals surface area contributed by atoms with E-state index in [1.807, 2.05) is 48.9 Å². The predicted octanol–water partition coefficient (Wildman–Crippen LogP) is 2.55. The normalized spacial score (nSPS) is 12.4. The predicted molar refractivity (Wildman–Crippen MR) is 135 cm³/mol. The Bertz CT molecular complexity index is 1580. The number of rotatable bonds is 8. The van der Waals surface area contributed by atoms with Gasteiger partial charge in [0.15, 0.2) is 11.5 Å². The van der Waals surface area contributed by atoms with Gasteiger partial charge in [0.05, 0.1) is 29.2 Å². The highest BCUT2D eigenvalue weighted by atomic mass is 32.2. The average molecular weight is 511 g/mol. The summed E-state index contributed by atoms with van der Waals surface area (Å²) in [5, 5.41) is 6.88. The lowest BCUT2D eigenvalue weighted by molar-refractivity contribution is -0.119. The zero-order valence-electron chi connectivity index (χ0n) is 20.3. The minimum Gasteiger partial charge on any atom is -0.365 e. The van der Waals surface area contributed by atoms with Crippen molar-refractivity contribution < 1.29 is 17.7 Å². The Morgan fingerprint density at radius 1 is 1.11 bits per heavy atom. The maximum atomic E-state index is 13.6. The molecule has 1 amide bonds. The van der Waals surface area contributed by atoms with Gasteiger partial charge in [-0.25, -0.2) is 18.4 Å². The first-order valence-corrected chi connectivity index (χ1v) is 13.1. The van der Waals surface area contributed by atoms with Gasteiger partial charge in [0, 0.05) is 13.0 Å². The van der Waals surface area contributed by atoms with E-state index in [1.165, 1.54) is 0 Å². The second kappa shape index (κ2) is 9.90. The molecule has 0 radical (unpaired) electrons. The highest BCUT2D eigenvalue weighted by Crippen LogP contribution is 2.28. The third-order valence-electron chi connectivity index (χ3n) is 5.64. The molecule has 11 nitrogen and oxygen atoms in total. The quantitative estimate of drug-likeness (QED) is 0.365. The minimum absolute atomic E-state index is 0.0133. The fourth-order valence-electron chi connectivity index (χ4n) is 3.98. The number of amides is 1. The molecule has 0 aliphatic carbocycles. The van der Waals surface area contributed by atoms with E-state index in [2.05, 4.69) is 15.5 Å². The fraction of sp³-hybridized carbons (Fsp3) is 0.292. The number of hydrogen-bond acceptors (Lipinski definition) is 9. The van der Waals surface area contributed by atoms with Gasteiger partial charge in [0.2, 0.25) is 15.9 Å². The van der Waals surface area contributed by atoms with Crippen LogP contribution in [0.1, 0.15) is 36.4 Å². The molecule has 0 saturated heterocycles. The van der Waals surface area contributed by atoms with E-state index < -0.39 is 21.5 Å². The van der Waals surface area contributed by atoms with E-state index in [4.69, 9.17) is 9.51 Å². The molecule has 3 heterocycles. The number of benzene rings is 1. The number of anilines is 1. The van der Waals surface area contributed by atoms with Gasteiger partial charge in [0.25, 0.3) is 5.56 Å². The van der Waals surface area contributed by atoms with Crippen LogP contribution in [0.2, 0.25) is 0 Å². The molecule has 0 fully saturated rings. The minimum atomic E-state index is -3.66. The molecule has 0 aliphatic rings. The largest absolute Gasteiger partial charge is 0.365 e. The zero-order chi connectivity index (χ0) is 26.0. The Kier molecular flexibility index (Phi) is 6.88. The molecule has 1 atom stereocenters. The van der Waals surface area contributed by atoms with Crippen LogP contribution in [0.4, 0.5) is 5.82 Å². The first kappa shape index (κ1) is 25.0. The van der Waals surface area contributed by atoms with Crippen molar-refractivity contribution >= 4 is 32.9 Å². The Morgan fingerprint density at radius 3 is 2.47 bits per heavy atom. The van der Waals surface area contributed by atoms with Gasteiger partial charge in [-0.2, -0.15) is 0 Å². The third kappa shape index (κ3) is 5.28. The van der Waals surface area contributed by atoms with Gasteiger partial charge in [-0.15, -0.1) is 0 Å². The summed E-state index contributed by atoms with van der Waals surface area (Å²) in [4.78, 5) is 34.7. The first-order chi connectivity index (χ1) is 17.0. The summed E-state index contributed by atoms with van der Waals surface area (Å²) in [5.74, 6) is -0.0400. The van der Waals surface area contributed by atoms with Crippen LogP contribution in [0.5, 0.6) is 0 Å². The van der Waals surface area contributed by atoms with E-state index in [9.17, 15) is 18.0 Å². The summed E-state index contributed by atoms with van der Waals surface area (Å²) in [7, 11) is -3.66. The lowest BCUT2D eigenvalue weighted by Gasteiger charge is -2.19. The molecular formula is C24H26N6O5S. The van der Waals surface area contributed by atoms with Gasteiger partial charge in [-0.3, -0.25) is 18.9 Å². The number of aryl methyl sites for hydroxylation is 2. The molecule has 3 aromatic heterocycles. The average Bonchev–Trinajstić information content (AvgIpc) is 3.16. The molecule has 1 aromatic carbocycles. The van der Waals surface area contributed by atoms with Crippen LogP contribution in [-0.2, 0) is 14.8 Å². The van der Waals surface area contributed by atoms with Gasteiger partial charge in [-0.05, 0) is 38.5 Å². The molecule has 36 heavy (non-hydrogen) atoms. The molecule has 0 spiro atoms. The molecule has 0 aliphatic heterocycles. The van der Waals surface area contributed by atoms with Crippen molar-refractivity contribution in [1.82, 2.24) is 24.4 Å². The Morgan fingerprint density at radius 2 is 1.83 bits per heavy atom. The molecule has 4 aromatic rings. The molecular weight excluding hydrogens is 484 g/mol. The van der Waals surface area contributed by atoms with Crippen LogP contribution in [-0.4, -0.2) is 46.8 Å². The lowest BCUT2D eigenvalue weighted by Crippen LogP contribution is -2.32. The van der Waals surface area contributed by atoms with Crippen molar-refractivity contribution in [3.05, 3.63) is 69.8 Å². The van der Waals surface area contributed by atoms with E-state index in [0.717, 1.165) is 17.4 Å². The van der Waals surface area contributed by atoms with E-state index >= 15 is 0 Å². The van der Waals surface area contributed by atoms with Crippen molar-refractivity contribution in [2.75, 3.05) is 18.1 Å². The summed E-state index contributed by atoms with van der Waals surface area (Å²) in [6, 6.07) is 12.7. The van der Waals surface area contributed by atoms with Crippen molar-refractivity contribution in [3.8, 4) is 11.3 Å². The Hall–Kier alpha value is -4.06. The number of carbonyl (C=O) groups is 1. The number of nitrogens with one attached hydrogen (secondary N) is 2. The zero-order valence-corrected chi connectivity index (χ0v) is 21.1. The lowest BCUT2D eigenvalue weighted by atomic mass is 10.1. The maximum Gasteiger partial charge on any atom is 0.295 e. The van der Waals surface area contributed by atoms with Crippen molar-refractivity contribution in [2.45, 2.75) is 33.2 Å². The summed E-state index contributed by atoms with van der Waals surface area (Å²) < 4.78 is 31.2. The van der Waals surface area contributed by atoms with Crippen LogP contribution in [0.15, 0.2) is 51.8 Å². The summed E-state index contributed by atoms with van der Waals surface area (Å²) in [6.07, 6.45) is 0.737. The van der Waals surface area contributed by atoms with Crippen molar-refractivity contribution in [3.63, 3.8) is 0 Å². The Labute approximate surface area is 207 Å². The SMILES string of the molecule is Cc1noc(C)c1-c1ccc2nc(NCCC(=O)NS(C)(=O)=O)c(=O)n([C@@H](C)c3ccccc3)c2n1. The van der Waals surface area contributed by atoms with Gasteiger partial charge >= 0.3 is 0 Å². The highest BCUT2D eigenvalue weighted by molar-refractivity contribution is 7.89. The third-order valence-corrected chi connectivity index (χ3v) is 6.24. The van der Waals surface area contributed by atoms with Crippen LogP contribution in [0, 0.1) is 13.8 Å². The fourth-order valence-corrected chi connectivity index (χ4v) is 4.49. The van der Waals surface area contributed by atoms with Crippen LogP contribution in [0.3, 0.4) is 0 Å². The molecule has 188 valence electrons. The number of carbonyl (C=O) groups excluding carboxylic acids is 1. The molecule has 0 saturated carbocycles. The second-order valence-electron chi connectivity index (χ2n) is 8.43. The number of aromatic nitrogens is 4. The van der Waals surface area contributed by atoms with Gasteiger partial charge < -0.3 is 9.84 Å². The van der Waals surface area contributed by atoms with Gasteiger partial charge in [-0.1, -0.05) is 35.5 Å². The van der Waals surface area contributed by atoms with Crippen LogP contribution >= 0.6 is 0 Å². The maximum absolute atomic E-state index is 13.6. The smallest absolute Gasteiger partial charge is 0.295 e. The molecule has 12 heteroatoms. The summed E-state index contributed by atoms with van der Waals surface area (Å²) in [5.41, 5.74) is 3.36. The highest BCUT2D eigenvalue weighted by Gasteiger charge is 2.21. The number of sulfonamides is 1. The van der Waals surface area contributed by atoms with Gasteiger partial charge in [0.1, 0.15) is 11.3 Å². The van der Waals surface area contributed by atoms with Crippen molar-refractivity contribution in [2.24, 2.45) is 0 Å². The number of hydrogen-bond donors (Lipinski definition) is 2. The van der Waals surface area contributed by atoms with E-state index in [0.29, 0.717) is 28.3 Å². The molecule has 0 unspecified atom stereocenters. The molecule has 4 rings (SSSR count). The summed E-state index contributed by atoms with van der Waals surface area (Å²) in [6.45, 7) is 5.53. The number of nitrogens with zero attached hydrogens (tertiary/aromatic N) is 4. The first-order valence-electron chi connectivity index (χ1n) is 11.2. The van der Waals surface area contributed by atoms with E-state index in [1.54, 1.807) is 23.6 Å². The summed E-state index contributed by atoms with van der Waals surface area (Å²) >= 11 is 0. The molecule has 2 N–H and O–H groups in total. The Balaban J connectivity index is 1.79. The number of pyridine rings is 1. The number of fused-ring (bicyclic) bond motifs is 1. The topological polar surface area (TPSA) is 149 Å². The van der Waals surface area contributed by atoms with Crippen LogP contribution in [0.25, 0.3) is 22.4 Å². The molecule has 0 bridgehead atoms. The second-order valence-corrected chi connectivity index (χ2v) is 10.2. The van der Waals surface area contributed by atoms with Crippen LogP contribution < -0.4 is 15.6 Å². The van der Waals surface area contributed by atoms with E-state index in [-0.39, 0.29) is 24.8 Å². The monoisotopic (exact) mass is 510 g/mol.